The van der Waals surface area contributed by atoms with Gasteiger partial charge in [0.05, 0.1) is 12.0 Å². The number of ether oxygens (including phenoxy) is 1. The molecule has 2 unspecified atom stereocenters. The van der Waals surface area contributed by atoms with Crippen molar-refractivity contribution in [1.29, 1.82) is 0 Å². The highest BCUT2D eigenvalue weighted by Gasteiger charge is 2.40. The normalized spacial score (nSPS) is 21.9. The van der Waals surface area contributed by atoms with Crippen LogP contribution in [0.3, 0.4) is 0 Å². The van der Waals surface area contributed by atoms with Gasteiger partial charge in [-0.25, -0.2) is 4.39 Å². The van der Waals surface area contributed by atoms with Crippen molar-refractivity contribution in [2.45, 2.75) is 25.3 Å². The summed E-state index contributed by atoms with van der Waals surface area (Å²) in [6.07, 6.45) is 1.16. The maximum atomic E-state index is 13.1. The average Bonchev–Trinajstić information content (AvgIpc) is 2.49. The minimum atomic E-state index is -0.932. The topological polar surface area (TPSA) is 66.8 Å². The van der Waals surface area contributed by atoms with Gasteiger partial charge in [-0.3, -0.25) is 9.59 Å². The van der Waals surface area contributed by atoms with E-state index in [-0.39, 0.29) is 18.1 Å². The fraction of sp³-hybridized carbons (Fsp3) is 0.500. The number of halogens is 1. The quantitative estimate of drug-likeness (QED) is 0.818. The summed E-state index contributed by atoms with van der Waals surface area (Å²) in [5.41, 5.74) is 0.652. The van der Waals surface area contributed by atoms with Crippen molar-refractivity contribution in [3.05, 3.63) is 35.6 Å². The Morgan fingerprint density at radius 2 is 2.09 bits per heavy atom. The zero-order valence-electron chi connectivity index (χ0n) is 12.5. The number of rotatable bonds is 6. The number of carboxylic acids is 1. The summed E-state index contributed by atoms with van der Waals surface area (Å²) in [6, 6.07) is 5.13. The molecule has 1 aliphatic heterocycles. The first-order valence-corrected chi connectivity index (χ1v) is 7.31. The molecule has 2 rings (SSSR count). The fourth-order valence-corrected chi connectivity index (χ4v) is 2.93. The lowest BCUT2D eigenvalue weighted by Crippen LogP contribution is -2.45. The number of aliphatic carboxylic acids is 1. The van der Waals surface area contributed by atoms with E-state index >= 15 is 0 Å². The SMILES string of the molecule is COCCCN1C(=O)CCC(C(=O)O)C1c1ccc(F)cc1. The first-order valence-electron chi connectivity index (χ1n) is 7.31. The van der Waals surface area contributed by atoms with Gasteiger partial charge in [0.2, 0.25) is 5.91 Å². The standard InChI is InChI=1S/C16H20FNO4/c1-22-10-2-9-18-14(19)8-7-13(16(20)21)15(18)11-3-5-12(17)6-4-11/h3-6,13,15H,2,7-10H2,1H3,(H,20,21). The Hall–Kier alpha value is -1.95. The maximum Gasteiger partial charge on any atom is 0.308 e. The van der Waals surface area contributed by atoms with Crippen LogP contribution in [0, 0.1) is 11.7 Å². The lowest BCUT2D eigenvalue weighted by molar-refractivity contribution is -0.152. The lowest BCUT2D eigenvalue weighted by atomic mass is 9.84. The van der Waals surface area contributed by atoms with Gasteiger partial charge in [-0.2, -0.15) is 0 Å². The van der Waals surface area contributed by atoms with Crippen molar-refractivity contribution < 1.29 is 23.8 Å². The molecule has 1 heterocycles. The summed E-state index contributed by atoms with van der Waals surface area (Å²) in [7, 11) is 1.58. The molecule has 1 aromatic rings. The number of hydrogen-bond acceptors (Lipinski definition) is 3. The van der Waals surface area contributed by atoms with Crippen LogP contribution in [0.25, 0.3) is 0 Å². The summed E-state index contributed by atoms with van der Waals surface area (Å²) < 4.78 is 18.1. The number of methoxy groups -OCH3 is 1. The van der Waals surface area contributed by atoms with Crippen molar-refractivity contribution in [2.24, 2.45) is 5.92 Å². The van der Waals surface area contributed by atoms with Crippen molar-refractivity contribution in [3.63, 3.8) is 0 Å². The van der Waals surface area contributed by atoms with Crippen LogP contribution in [-0.4, -0.2) is 42.1 Å². The molecule has 1 aliphatic rings. The van der Waals surface area contributed by atoms with E-state index in [0.29, 0.717) is 31.6 Å². The summed E-state index contributed by atoms with van der Waals surface area (Å²) in [6.45, 7) is 0.927. The lowest BCUT2D eigenvalue weighted by Gasteiger charge is -2.40. The molecule has 2 atom stereocenters. The molecule has 22 heavy (non-hydrogen) atoms. The van der Waals surface area contributed by atoms with Crippen LogP contribution >= 0.6 is 0 Å². The molecule has 0 spiro atoms. The van der Waals surface area contributed by atoms with Crippen LogP contribution in [-0.2, 0) is 14.3 Å². The summed E-state index contributed by atoms with van der Waals surface area (Å²) >= 11 is 0. The van der Waals surface area contributed by atoms with Gasteiger partial charge in [0.1, 0.15) is 5.82 Å². The zero-order chi connectivity index (χ0) is 16.1. The minimum Gasteiger partial charge on any atom is -0.481 e. The summed E-state index contributed by atoms with van der Waals surface area (Å²) in [5.74, 6) is -2.06. The number of nitrogens with zero attached hydrogens (tertiary/aromatic N) is 1. The van der Waals surface area contributed by atoms with E-state index in [1.54, 1.807) is 24.1 Å². The van der Waals surface area contributed by atoms with Crippen LogP contribution in [0.5, 0.6) is 0 Å². The third kappa shape index (κ3) is 3.62. The number of likely N-dealkylation sites (tertiary alicyclic amines) is 1. The van der Waals surface area contributed by atoms with Crippen molar-refractivity contribution in [2.75, 3.05) is 20.3 Å². The van der Waals surface area contributed by atoms with Crippen LogP contribution in [0.15, 0.2) is 24.3 Å². The van der Waals surface area contributed by atoms with E-state index < -0.39 is 17.9 Å². The summed E-state index contributed by atoms with van der Waals surface area (Å²) in [5, 5.41) is 9.46. The van der Waals surface area contributed by atoms with Crippen LogP contribution in [0.4, 0.5) is 4.39 Å². The molecular formula is C16H20FNO4. The number of hydrogen-bond donors (Lipinski definition) is 1. The molecule has 1 amide bonds. The molecule has 0 saturated carbocycles. The molecule has 0 aromatic heterocycles. The number of piperidine rings is 1. The first kappa shape index (κ1) is 16.4. The van der Waals surface area contributed by atoms with E-state index in [1.807, 2.05) is 0 Å². The number of carbonyl (C=O) groups is 2. The Morgan fingerprint density at radius 1 is 1.41 bits per heavy atom. The van der Waals surface area contributed by atoms with Crippen molar-refractivity contribution in [3.8, 4) is 0 Å². The highest BCUT2D eigenvalue weighted by atomic mass is 19.1. The molecule has 120 valence electrons. The van der Waals surface area contributed by atoms with E-state index in [2.05, 4.69) is 0 Å². The number of benzene rings is 1. The minimum absolute atomic E-state index is 0.0667. The average molecular weight is 309 g/mol. The Balaban J connectivity index is 2.30. The number of carboxylic acid groups (broad SMARTS) is 1. The van der Waals surface area contributed by atoms with Gasteiger partial charge in [-0.15, -0.1) is 0 Å². The first-order chi connectivity index (χ1) is 10.5. The molecule has 5 nitrogen and oxygen atoms in total. The Kier molecular flexibility index (Phi) is 5.49. The van der Waals surface area contributed by atoms with E-state index in [0.717, 1.165) is 0 Å². The predicted octanol–water partition coefficient (Wildman–Crippen LogP) is 2.23. The number of amides is 1. The number of carbonyl (C=O) groups excluding carboxylic acids is 1. The summed E-state index contributed by atoms with van der Waals surface area (Å²) in [4.78, 5) is 25.4. The highest BCUT2D eigenvalue weighted by Crippen LogP contribution is 2.37. The van der Waals surface area contributed by atoms with Crippen molar-refractivity contribution >= 4 is 11.9 Å². The molecule has 0 aliphatic carbocycles. The van der Waals surface area contributed by atoms with Gasteiger partial charge in [0.15, 0.2) is 0 Å². The van der Waals surface area contributed by atoms with Crippen LogP contribution < -0.4 is 0 Å². The second-order valence-corrected chi connectivity index (χ2v) is 5.41. The largest absolute Gasteiger partial charge is 0.481 e. The molecule has 1 aromatic carbocycles. The van der Waals surface area contributed by atoms with E-state index in [4.69, 9.17) is 4.74 Å². The van der Waals surface area contributed by atoms with Gasteiger partial charge in [0, 0.05) is 26.7 Å². The Bertz CT molecular complexity index is 531. The second-order valence-electron chi connectivity index (χ2n) is 5.41. The van der Waals surface area contributed by atoms with Gasteiger partial charge >= 0.3 is 5.97 Å². The van der Waals surface area contributed by atoms with Gasteiger partial charge < -0.3 is 14.7 Å². The van der Waals surface area contributed by atoms with Gasteiger partial charge in [-0.05, 0) is 30.5 Å². The molecule has 1 N–H and O–H groups in total. The third-order valence-electron chi connectivity index (χ3n) is 3.98. The van der Waals surface area contributed by atoms with E-state index in [9.17, 15) is 19.1 Å². The monoisotopic (exact) mass is 309 g/mol. The van der Waals surface area contributed by atoms with E-state index in [1.165, 1.54) is 12.1 Å². The Morgan fingerprint density at radius 3 is 2.68 bits per heavy atom. The zero-order valence-corrected chi connectivity index (χ0v) is 12.5. The second kappa shape index (κ2) is 7.35. The van der Waals surface area contributed by atoms with Crippen LogP contribution in [0.1, 0.15) is 30.9 Å². The fourth-order valence-electron chi connectivity index (χ4n) is 2.93. The predicted molar refractivity (Wildman–Crippen MR) is 77.7 cm³/mol. The van der Waals surface area contributed by atoms with Crippen molar-refractivity contribution in [1.82, 2.24) is 4.90 Å². The Labute approximate surface area is 128 Å². The van der Waals surface area contributed by atoms with Gasteiger partial charge in [-0.1, -0.05) is 12.1 Å². The highest BCUT2D eigenvalue weighted by molar-refractivity contribution is 5.81. The van der Waals surface area contributed by atoms with Gasteiger partial charge in [0.25, 0.3) is 0 Å². The molecule has 6 heteroatoms. The molecular weight excluding hydrogens is 289 g/mol. The third-order valence-corrected chi connectivity index (χ3v) is 3.98. The molecule has 0 bridgehead atoms. The molecule has 0 radical (unpaired) electrons. The van der Waals surface area contributed by atoms with Crippen LogP contribution in [0.2, 0.25) is 0 Å². The molecule has 1 saturated heterocycles. The maximum absolute atomic E-state index is 13.1. The smallest absolute Gasteiger partial charge is 0.308 e. The molecule has 1 fully saturated rings.